The Labute approximate surface area is 178 Å². The van der Waals surface area contributed by atoms with Crippen molar-refractivity contribution in [1.29, 1.82) is 0 Å². The number of rotatable bonds is 9. The first kappa shape index (κ1) is 22.6. The largest absolute Gasteiger partial charge is 0.494 e. The molecule has 0 amide bonds. The van der Waals surface area contributed by atoms with Crippen molar-refractivity contribution in [3.63, 3.8) is 0 Å². The van der Waals surface area contributed by atoms with Crippen LogP contribution < -0.4 is 9.47 Å². The second kappa shape index (κ2) is 10.3. The molecule has 1 N–H and O–H groups in total. The fraction of sp³-hybridized carbons (Fsp3) is 0.455. The molecule has 3 rings (SSSR count). The number of sulfonamides is 1. The van der Waals surface area contributed by atoms with Crippen LogP contribution in [-0.4, -0.2) is 74.8 Å². The van der Waals surface area contributed by atoms with Gasteiger partial charge in [0.15, 0.2) is 0 Å². The van der Waals surface area contributed by atoms with Crippen LogP contribution in [0.3, 0.4) is 0 Å². The fourth-order valence-corrected chi connectivity index (χ4v) is 4.78. The number of hydrogen-bond acceptors (Lipinski definition) is 6. The number of hydrogen-bond donors (Lipinski definition) is 1. The molecule has 164 valence electrons. The van der Waals surface area contributed by atoms with E-state index in [4.69, 9.17) is 9.47 Å². The van der Waals surface area contributed by atoms with E-state index in [1.165, 1.54) is 4.31 Å². The Balaban J connectivity index is 1.47. The van der Waals surface area contributed by atoms with Gasteiger partial charge in [0.05, 0.1) is 11.5 Å². The second-order valence-corrected chi connectivity index (χ2v) is 9.32. The Kier molecular flexibility index (Phi) is 7.71. The molecule has 0 spiro atoms. The van der Waals surface area contributed by atoms with Crippen molar-refractivity contribution in [1.82, 2.24) is 9.21 Å². The van der Waals surface area contributed by atoms with E-state index in [2.05, 4.69) is 4.90 Å². The first-order chi connectivity index (χ1) is 14.4. The van der Waals surface area contributed by atoms with Crippen LogP contribution in [0.2, 0.25) is 0 Å². The van der Waals surface area contributed by atoms with Gasteiger partial charge in [-0.25, -0.2) is 8.42 Å². The zero-order chi connectivity index (χ0) is 21.6. The molecule has 1 unspecified atom stereocenters. The molecule has 1 atom stereocenters. The maximum Gasteiger partial charge on any atom is 0.243 e. The summed E-state index contributed by atoms with van der Waals surface area (Å²) in [6.45, 7) is 6.99. The van der Waals surface area contributed by atoms with E-state index >= 15 is 0 Å². The number of β-amino-alcohol motifs (C(OH)–C–C–N with tert-alkyl or cyclic N) is 1. The zero-order valence-corrected chi connectivity index (χ0v) is 18.3. The number of aliphatic hydroxyl groups is 1. The first-order valence-electron chi connectivity index (χ1n) is 10.2. The predicted octanol–water partition coefficient (Wildman–Crippen LogP) is 2.14. The number of ether oxygens (including phenoxy) is 2. The lowest BCUT2D eigenvalue weighted by Gasteiger charge is -2.34. The van der Waals surface area contributed by atoms with Gasteiger partial charge >= 0.3 is 0 Å². The van der Waals surface area contributed by atoms with E-state index in [0.717, 1.165) is 11.3 Å². The van der Waals surface area contributed by atoms with Crippen LogP contribution in [0.25, 0.3) is 0 Å². The summed E-state index contributed by atoms with van der Waals surface area (Å²) in [5, 5.41) is 10.3. The van der Waals surface area contributed by atoms with Gasteiger partial charge < -0.3 is 14.6 Å². The van der Waals surface area contributed by atoms with E-state index in [9.17, 15) is 13.5 Å². The molecular weight excluding hydrogens is 404 g/mol. The highest BCUT2D eigenvalue weighted by molar-refractivity contribution is 7.89. The van der Waals surface area contributed by atoms with Gasteiger partial charge in [0.25, 0.3) is 0 Å². The summed E-state index contributed by atoms with van der Waals surface area (Å²) in [6.07, 6.45) is -0.638. The highest BCUT2D eigenvalue weighted by Gasteiger charge is 2.29. The lowest BCUT2D eigenvalue weighted by molar-refractivity contribution is 0.0569. The molecule has 0 radical (unpaired) electrons. The zero-order valence-electron chi connectivity index (χ0n) is 17.5. The van der Waals surface area contributed by atoms with E-state index in [0.29, 0.717) is 45.1 Å². The summed E-state index contributed by atoms with van der Waals surface area (Å²) in [5.74, 6) is 1.38. The standard InChI is InChI=1S/C22H30N2O5S/c1-3-28-20-8-10-22(11-9-20)30(26,27)24-14-12-23(13-15-24)16-19(25)17-29-21-6-4-18(2)5-7-21/h4-11,19,25H,3,12-17H2,1-2H3. The van der Waals surface area contributed by atoms with E-state index in [1.54, 1.807) is 24.3 Å². The second-order valence-electron chi connectivity index (χ2n) is 7.39. The summed E-state index contributed by atoms with van der Waals surface area (Å²) >= 11 is 0. The fourth-order valence-electron chi connectivity index (χ4n) is 3.35. The number of piperazine rings is 1. The topological polar surface area (TPSA) is 79.3 Å². The molecule has 1 fully saturated rings. The third-order valence-corrected chi connectivity index (χ3v) is 6.95. The van der Waals surface area contributed by atoms with Crippen molar-refractivity contribution in [3.8, 4) is 11.5 Å². The summed E-state index contributed by atoms with van der Waals surface area (Å²) in [6, 6.07) is 14.2. The molecule has 1 saturated heterocycles. The molecule has 2 aromatic rings. The first-order valence-corrected chi connectivity index (χ1v) is 11.7. The molecule has 8 heteroatoms. The third-order valence-electron chi connectivity index (χ3n) is 5.04. The maximum atomic E-state index is 12.9. The van der Waals surface area contributed by atoms with Crippen LogP contribution >= 0.6 is 0 Å². The van der Waals surface area contributed by atoms with Crippen LogP contribution in [0.15, 0.2) is 53.4 Å². The SMILES string of the molecule is CCOc1ccc(S(=O)(=O)N2CCN(CC(O)COc3ccc(C)cc3)CC2)cc1. The molecule has 0 aliphatic carbocycles. The van der Waals surface area contributed by atoms with Crippen molar-refractivity contribution >= 4 is 10.0 Å². The molecule has 1 aliphatic heterocycles. The molecule has 30 heavy (non-hydrogen) atoms. The molecule has 2 aromatic carbocycles. The number of aryl methyl sites for hydroxylation is 1. The highest BCUT2D eigenvalue weighted by Crippen LogP contribution is 2.21. The van der Waals surface area contributed by atoms with Gasteiger partial charge in [-0.05, 0) is 50.2 Å². The van der Waals surface area contributed by atoms with Gasteiger partial charge in [-0.3, -0.25) is 4.90 Å². The minimum atomic E-state index is -3.53. The van der Waals surface area contributed by atoms with Crippen molar-refractivity contribution in [2.75, 3.05) is 45.9 Å². The monoisotopic (exact) mass is 434 g/mol. The van der Waals surface area contributed by atoms with Crippen molar-refractivity contribution < 1.29 is 23.0 Å². The summed E-state index contributed by atoms with van der Waals surface area (Å²) in [4.78, 5) is 2.33. The van der Waals surface area contributed by atoms with Crippen LogP contribution in [0, 0.1) is 6.92 Å². The summed E-state index contributed by atoms with van der Waals surface area (Å²) in [5.41, 5.74) is 1.15. The summed E-state index contributed by atoms with van der Waals surface area (Å²) in [7, 11) is -3.53. The van der Waals surface area contributed by atoms with Crippen molar-refractivity contribution in [2.45, 2.75) is 24.8 Å². The number of nitrogens with zero attached hydrogens (tertiary/aromatic N) is 2. The molecule has 0 bridgehead atoms. The normalized spacial score (nSPS) is 16.9. The van der Waals surface area contributed by atoms with E-state index < -0.39 is 16.1 Å². The van der Waals surface area contributed by atoms with Gasteiger partial charge in [-0.1, -0.05) is 17.7 Å². The third kappa shape index (κ3) is 5.95. The molecule has 0 aromatic heterocycles. The Morgan fingerprint density at radius 3 is 2.10 bits per heavy atom. The Hall–Kier alpha value is -2.13. The van der Waals surface area contributed by atoms with Crippen LogP contribution in [0.1, 0.15) is 12.5 Å². The molecular formula is C22H30N2O5S. The van der Waals surface area contributed by atoms with Crippen LogP contribution in [-0.2, 0) is 10.0 Å². The van der Waals surface area contributed by atoms with Crippen LogP contribution in [0.4, 0.5) is 0 Å². The lowest BCUT2D eigenvalue weighted by Crippen LogP contribution is -2.50. The minimum absolute atomic E-state index is 0.202. The minimum Gasteiger partial charge on any atom is -0.494 e. The quantitative estimate of drug-likeness (QED) is 0.652. The number of benzene rings is 2. The van der Waals surface area contributed by atoms with Gasteiger partial charge in [0.1, 0.15) is 24.2 Å². The van der Waals surface area contributed by atoms with E-state index in [-0.39, 0.29) is 11.5 Å². The molecule has 1 heterocycles. The Morgan fingerprint density at radius 1 is 0.933 bits per heavy atom. The van der Waals surface area contributed by atoms with Crippen molar-refractivity contribution in [2.24, 2.45) is 0 Å². The van der Waals surface area contributed by atoms with Gasteiger partial charge in [0, 0.05) is 32.7 Å². The average molecular weight is 435 g/mol. The predicted molar refractivity (Wildman–Crippen MR) is 115 cm³/mol. The Morgan fingerprint density at radius 2 is 1.50 bits per heavy atom. The molecule has 7 nitrogen and oxygen atoms in total. The lowest BCUT2D eigenvalue weighted by atomic mass is 10.2. The average Bonchev–Trinajstić information content (AvgIpc) is 2.74. The van der Waals surface area contributed by atoms with Gasteiger partial charge in [0.2, 0.25) is 10.0 Å². The molecule has 0 saturated carbocycles. The maximum absolute atomic E-state index is 12.9. The van der Waals surface area contributed by atoms with Gasteiger partial charge in [-0.2, -0.15) is 4.31 Å². The van der Waals surface area contributed by atoms with Crippen molar-refractivity contribution in [3.05, 3.63) is 54.1 Å². The smallest absolute Gasteiger partial charge is 0.243 e. The number of aliphatic hydroxyl groups excluding tert-OH is 1. The summed E-state index contributed by atoms with van der Waals surface area (Å²) < 4.78 is 38.2. The highest BCUT2D eigenvalue weighted by atomic mass is 32.2. The van der Waals surface area contributed by atoms with E-state index in [1.807, 2.05) is 38.1 Å². The van der Waals surface area contributed by atoms with Gasteiger partial charge in [-0.15, -0.1) is 0 Å². The Bertz CT molecular complexity index is 892. The van der Waals surface area contributed by atoms with Crippen LogP contribution in [0.5, 0.6) is 11.5 Å². The molecule has 1 aliphatic rings.